The SMILES string of the molecule is C[C@H]1CN(C(=O)OC(C)(C)C)CCN1.FB(F)F.FB(F)F.[CH2-]Br.[CH2-]N1CCN(C(=O)OC(C)(C)C)C[C@@H]1C.[K+].[K+]. The Morgan fingerprint density at radius 1 is 0.780 bits per heavy atom. The van der Waals surface area contributed by atoms with Crippen LogP contribution in [0.2, 0.25) is 0 Å². The van der Waals surface area contributed by atoms with E-state index in [1.165, 1.54) is 0 Å². The number of halogens is 7. The summed E-state index contributed by atoms with van der Waals surface area (Å²) in [5.41, 5.74) is -0.812. The van der Waals surface area contributed by atoms with Gasteiger partial charge in [-0.15, -0.1) is 0 Å². The molecule has 41 heavy (non-hydrogen) atoms. The van der Waals surface area contributed by atoms with Crippen LogP contribution in [0.25, 0.3) is 0 Å². The van der Waals surface area contributed by atoms with E-state index in [0.29, 0.717) is 25.2 Å². The van der Waals surface area contributed by atoms with E-state index < -0.39 is 26.3 Å². The van der Waals surface area contributed by atoms with Crippen LogP contribution in [0, 0.1) is 12.9 Å². The number of ether oxygens (including phenoxy) is 2. The number of piperazine rings is 2. The molecule has 0 aliphatic carbocycles. The van der Waals surface area contributed by atoms with Crippen molar-refractivity contribution >= 4 is 43.2 Å². The molecular formula is C22H43B2BrF6K2N4O4. The summed E-state index contributed by atoms with van der Waals surface area (Å²) in [5.74, 6) is 3.06. The number of carbonyl (C=O) groups excluding carboxylic acids is 2. The number of nitrogens with one attached hydrogen (secondary N) is 1. The van der Waals surface area contributed by atoms with Gasteiger partial charge in [-0.1, -0.05) is 6.92 Å². The van der Waals surface area contributed by atoms with Gasteiger partial charge in [0, 0.05) is 38.8 Å². The summed E-state index contributed by atoms with van der Waals surface area (Å²) in [6.07, 6.45) is -0.423. The summed E-state index contributed by atoms with van der Waals surface area (Å²) in [6, 6.07) is 0.655. The summed E-state index contributed by atoms with van der Waals surface area (Å²) in [6.45, 7) is 19.9. The summed E-state index contributed by atoms with van der Waals surface area (Å²) in [4.78, 5) is 28.9. The largest absolute Gasteiger partial charge is 1.00 e. The molecular weight excluding hydrogens is 678 g/mol. The zero-order valence-electron chi connectivity index (χ0n) is 26.1. The average Bonchev–Trinajstić information content (AvgIpc) is 2.74. The van der Waals surface area contributed by atoms with Gasteiger partial charge < -0.3 is 45.4 Å². The Kier molecular flexibility index (Phi) is 36.0. The fourth-order valence-corrected chi connectivity index (χ4v) is 2.91. The van der Waals surface area contributed by atoms with Crippen LogP contribution in [0.3, 0.4) is 0 Å². The first-order valence-electron chi connectivity index (χ1n) is 12.0. The molecule has 0 aromatic rings. The number of hydrogen-bond donors (Lipinski definition) is 1. The Morgan fingerprint density at radius 3 is 1.41 bits per heavy atom. The van der Waals surface area contributed by atoms with E-state index in [-0.39, 0.29) is 115 Å². The van der Waals surface area contributed by atoms with E-state index >= 15 is 0 Å². The van der Waals surface area contributed by atoms with Crippen molar-refractivity contribution in [2.45, 2.75) is 78.7 Å². The quantitative estimate of drug-likeness (QED) is 0.214. The van der Waals surface area contributed by atoms with Crippen LogP contribution in [0.1, 0.15) is 55.4 Å². The molecule has 2 aliphatic heterocycles. The maximum absolute atomic E-state index is 11.7. The molecule has 0 unspecified atom stereocenters. The van der Waals surface area contributed by atoms with E-state index in [0.717, 1.165) is 26.2 Å². The van der Waals surface area contributed by atoms with E-state index in [1.807, 2.05) is 46.4 Å². The first-order chi connectivity index (χ1) is 17.6. The van der Waals surface area contributed by atoms with Crippen LogP contribution in [0.5, 0.6) is 0 Å². The van der Waals surface area contributed by atoms with Gasteiger partial charge in [0.15, 0.2) is 0 Å². The minimum Gasteiger partial charge on any atom is -0.454 e. The molecule has 0 bridgehead atoms. The second-order valence-electron chi connectivity index (χ2n) is 10.4. The van der Waals surface area contributed by atoms with Crippen LogP contribution < -0.4 is 108 Å². The third-order valence-corrected chi connectivity index (χ3v) is 4.44. The zero-order valence-corrected chi connectivity index (χ0v) is 33.9. The van der Waals surface area contributed by atoms with Gasteiger partial charge in [0.1, 0.15) is 11.2 Å². The number of nitrogens with zero attached hydrogens (tertiary/aromatic N) is 3. The maximum atomic E-state index is 11.7. The van der Waals surface area contributed by atoms with Crippen molar-refractivity contribution < 1.29 is 148 Å². The molecule has 0 radical (unpaired) electrons. The van der Waals surface area contributed by atoms with Gasteiger partial charge in [-0.2, -0.15) is 0 Å². The van der Waals surface area contributed by atoms with Gasteiger partial charge in [-0.3, -0.25) is 38.8 Å². The molecule has 19 heteroatoms. The van der Waals surface area contributed by atoms with Crippen molar-refractivity contribution in [3.63, 3.8) is 0 Å². The standard InChI is InChI=1S/C11H21N2O2.C10H20N2O2.CH2Br.2BF3.2K/c1-9-8-13(7-6-12(9)5)10(14)15-11(2,3)4;1-8-7-12(6-5-11-8)9(13)14-10(2,3)4;1-2;2*2-1(3)4;;/h9H,5-8H2,1-4H3;8,11H,5-7H2,1-4H3;1H2;;;;/q-1;;-1;;;2*+1/t9-;8-;;;;;/m00...../s1. The number of carbonyl (C=O) groups is 2. The topological polar surface area (TPSA) is 74.4 Å². The predicted molar refractivity (Wildman–Crippen MR) is 147 cm³/mol. The van der Waals surface area contributed by atoms with Crippen LogP contribution in [-0.4, -0.2) is 105 Å². The maximum Gasteiger partial charge on any atom is 1.00 e. The van der Waals surface area contributed by atoms with Gasteiger partial charge >= 0.3 is 130 Å². The van der Waals surface area contributed by atoms with E-state index in [4.69, 9.17) is 9.47 Å². The molecule has 1 N–H and O–H groups in total. The third kappa shape index (κ3) is 36.3. The number of hydrogen-bond acceptors (Lipinski definition) is 6. The predicted octanol–water partition coefficient (Wildman–Crippen LogP) is -0.125. The van der Waals surface area contributed by atoms with Crippen molar-refractivity contribution in [1.29, 1.82) is 0 Å². The van der Waals surface area contributed by atoms with Crippen molar-refractivity contribution in [2.75, 3.05) is 39.3 Å². The third-order valence-electron chi connectivity index (χ3n) is 4.44. The van der Waals surface area contributed by atoms with Gasteiger partial charge in [-0.25, -0.2) is 9.59 Å². The Hall–Kier alpha value is 1.92. The number of amides is 2. The first-order valence-corrected chi connectivity index (χ1v) is 13.1. The van der Waals surface area contributed by atoms with Crippen molar-refractivity contribution in [3.8, 4) is 0 Å². The normalized spacial score (nSPS) is 18.3. The molecule has 0 aromatic carbocycles. The van der Waals surface area contributed by atoms with E-state index in [1.54, 1.807) is 9.80 Å². The molecule has 2 aliphatic rings. The molecule has 0 aromatic heterocycles. The van der Waals surface area contributed by atoms with Crippen molar-refractivity contribution in [1.82, 2.24) is 20.0 Å². The molecule has 2 fully saturated rings. The van der Waals surface area contributed by atoms with Gasteiger partial charge in [0.2, 0.25) is 0 Å². The van der Waals surface area contributed by atoms with Crippen molar-refractivity contribution in [3.05, 3.63) is 12.9 Å². The van der Waals surface area contributed by atoms with Crippen LogP contribution in [0.4, 0.5) is 35.5 Å². The molecule has 2 rings (SSSR count). The molecule has 232 valence electrons. The summed E-state index contributed by atoms with van der Waals surface area (Å²) >= 11 is 2.69. The van der Waals surface area contributed by atoms with Crippen LogP contribution >= 0.6 is 15.9 Å². The Labute approximate surface area is 336 Å². The molecule has 0 spiro atoms. The van der Waals surface area contributed by atoms with E-state index in [2.05, 4.69) is 48.0 Å². The summed E-state index contributed by atoms with van der Waals surface area (Å²) in [5, 5.41) is 3.28. The monoisotopic (exact) mass is 720 g/mol. The van der Waals surface area contributed by atoms with Crippen molar-refractivity contribution in [2.24, 2.45) is 0 Å². The van der Waals surface area contributed by atoms with Gasteiger partial charge in [-0.05, 0) is 61.1 Å². The van der Waals surface area contributed by atoms with E-state index in [9.17, 15) is 35.5 Å². The summed E-state index contributed by atoms with van der Waals surface area (Å²) < 4.78 is 68.6. The zero-order chi connectivity index (χ0) is 31.6. The Bertz CT molecular complexity index is 665. The van der Waals surface area contributed by atoms with Gasteiger partial charge in [0.25, 0.3) is 0 Å². The van der Waals surface area contributed by atoms with Crippen LogP contribution in [-0.2, 0) is 9.47 Å². The first kappa shape index (κ1) is 52.5. The molecule has 2 heterocycles. The fraction of sp³-hybridized carbons (Fsp3) is 0.818. The minimum atomic E-state index is -3.67. The fourth-order valence-electron chi connectivity index (χ4n) is 2.91. The minimum absolute atomic E-state index is 0. The second kappa shape index (κ2) is 28.2. The molecule has 2 atom stereocenters. The summed E-state index contributed by atoms with van der Waals surface area (Å²) in [7, 11) is -3.43. The Balaban J connectivity index is -0.000000154. The molecule has 2 saturated heterocycles. The molecule has 0 saturated carbocycles. The Morgan fingerprint density at radius 2 is 1.12 bits per heavy atom. The average molecular weight is 721 g/mol. The number of rotatable bonds is 0. The van der Waals surface area contributed by atoms with Crippen LogP contribution in [0.15, 0.2) is 0 Å². The molecule has 2 amide bonds. The van der Waals surface area contributed by atoms with Gasteiger partial charge in [0.05, 0.1) is 0 Å². The molecule has 8 nitrogen and oxygen atoms in total. The smallest absolute Gasteiger partial charge is 0.454 e. The second-order valence-corrected chi connectivity index (χ2v) is 10.4.